The maximum atomic E-state index is 12.5. The summed E-state index contributed by atoms with van der Waals surface area (Å²) in [5, 5.41) is 2.97. The monoisotopic (exact) mass is 428 g/mol. The molecule has 1 aromatic rings. The Labute approximate surface area is 146 Å². The van der Waals surface area contributed by atoms with E-state index < -0.39 is 0 Å². The van der Waals surface area contributed by atoms with Gasteiger partial charge in [-0.3, -0.25) is 9.59 Å². The van der Waals surface area contributed by atoms with E-state index in [9.17, 15) is 9.59 Å². The van der Waals surface area contributed by atoms with Crippen molar-refractivity contribution in [2.24, 2.45) is 11.8 Å². The van der Waals surface area contributed by atoms with Gasteiger partial charge in [0.05, 0.1) is 11.6 Å². The van der Waals surface area contributed by atoms with E-state index in [0.29, 0.717) is 6.54 Å². The number of carbonyl (C=O) groups excluding carboxylic acids is 2. The van der Waals surface area contributed by atoms with Crippen molar-refractivity contribution in [3.63, 3.8) is 0 Å². The van der Waals surface area contributed by atoms with E-state index in [1.165, 1.54) is 0 Å². The maximum absolute atomic E-state index is 12.5. The number of piperidine rings is 1. The number of nitrogens with zero attached hydrogens (tertiary/aromatic N) is 1. The first-order valence-corrected chi connectivity index (χ1v) is 9.18. The highest BCUT2D eigenvalue weighted by atomic mass is 79.9. The Bertz CT molecular complexity index is 602. The molecule has 1 unspecified atom stereocenters. The minimum absolute atomic E-state index is 0.00732. The Morgan fingerprint density at radius 3 is 2.64 bits per heavy atom. The molecule has 1 atom stereocenters. The van der Waals surface area contributed by atoms with Gasteiger partial charge in [0.1, 0.15) is 0 Å². The highest BCUT2D eigenvalue weighted by molar-refractivity contribution is 9.11. The number of rotatable bonds is 3. The fraction of sp³-hybridized carbons (Fsp3) is 0.500. The van der Waals surface area contributed by atoms with Crippen LogP contribution in [0.4, 0.5) is 5.69 Å². The molecular formula is C16H18Br2N2O2. The van der Waals surface area contributed by atoms with Crippen LogP contribution in [0.3, 0.4) is 0 Å². The molecule has 2 amide bonds. The molecule has 1 heterocycles. The fourth-order valence-corrected chi connectivity index (χ4v) is 3.51. The molecule has 1 saturated heterocycles. The zero-order valence-corrected chi connectivity index (χ0v) is 15.3. The first-order valence-electron chi connectivity index (χ1n) is 7.59. The average Bonchev–Trinajstić information content (AvgIpc) is 3.35. The molecule has 1 aliphatic heterocycles. The van der Waals surface area contributed by atoms with Gasteiger partial charge >= 0.3 is 0 Å². The lowest BCUT2D eigenvalue weighted by Crippen LogP contribution is -2.44. The van der Waals surface area contributed by atoms with Gasteiger partial charge in [-0.15, -0.1) is 0 Å². The molecule has 1 N–H and O–H groups in total. The zero-order chi connectivity index (χ0) is 15.7. The predicted octanol–water partition coefficient (Wildman–Crippen LogP) is 3.80. The SMILES string of the molecule is O=C(Nc1cc(Br)ccc1Br)C1CCCN(C(=O)C2CC2)C1. The summed E-state index contributed by atoms with van der Waals surface area (Å²) < 4.78 is 1.77. The largest absolute Gasteiger partial charge is 0.342 e. The first-order chi connectivity index (χ1) is 10.5. The summed E-state index contributed by atoms with van der Waals surface area (Å²) in [5.41, 5.74) is 0.755. The molecule has 4 nitrogen and oxygen atoms in total. The molecule has 6 heteroatoms. The van der Waals surface area contributed by atoms with Crippen molar-refractivity contribution in [2.75, 3.05) is 18.4 Å². The third-order valence-electron chi connectivity index (χ3n) is 4.22. The molecule has 22 heavy (non-hydrogen) atoms. The van der Waals surface area contributed by atoms with E-state index in [-0.39, 0.29) is 23.7 Å². The van der Waals surface area contributed by atoms with Crippen LogP contribution < -0.4 is 5.32 Å². The van der Waals surface area contributed by atoms with Gasteiger partial charge in [0.15, 0.2) is 0 Å². The van der Waals surface area contributed by atoms with Crippen molar-refractivity contribution < 1.29 is 9.59 Å². The summed E-state index contributed by atoms with van der Waals surface area (Å²) >= 11 is 6.85. The molecule has 118 valence electrons. The van der Waals surface area contributed by atoms with E-state index >= 15 is 0 Å². The normalized spacial score (nSPS) is 21.5. The maximum Gasteiger partial charge on any atom is 0.229 e. The molecule has 0 bridgehead atoms. The number of amides is 2. The lowest BCUT2D eigenvalue weighted by molar-refractivity contribution is -0.135. The lowest BCUT2D eigenvalue weighted by Gasteiger charge is -2.32. The second-order valence-electron chi connectivity index (χ2n) is 6.01. The van der Waals surface area contributed by atoms with Crippen molar-refractivity contribution in [3.05, 3.63) is 27.1 Å². The van der Waals surface area contributed by atoms with Crippen LogP contribution in [0.1, 0.15) is 25.7 Å². The van der Waals surface area contributed by atoms with Crippen molar-refractivity contribution in [1.29, 1.82) is 0 Å². The minimum Gasteiger partial charge on any atom is -0.342 e. The van der Waals surface area contributed by atoms with Gasteiger partial charge in [-0.25, -0.2) is 0 Å². The van der Waals surface area contributed by atoms with Gasteiger partial charge in [-0.1, -0.05) is 15.9 Å². The van der Waals surface area contributed by atoms with E-state index in [4.69, 9.17) is 0 Å². The molecular weight excluding hydrogens is 412 g/mol. The molecule has 1 saturated carbocycles. The number of anilines is 1. The van der Waals surface area contributed by atoms with Crippen molar-refractivity contribution in [3.8, 4) is 0 Å². The number of hydrogen-bond acceptors (Lipinski definition) is 2. The Morgan fingerprint density at radius 2 is 1.91 bits per heavy atom. The van der Waals surface area contributed by atoms with Crippen molar-refractivity contribution in [2.45, 2.75) is 25.7 Å². The van der Waals surface area contributed by atoms with E-state index in [1.54, 1.807) is 0 Å². The van der Waals surface area contributed by atoms with E-state index in [2.05, 4.69) is 37.2 Å². The Hall–Kier alpha value is -0.880. The predicted molar refractivity (Wildman–Crippen MR) is 92.5 cm³/mol. The van der Waals surface area contributed by atoms with Gasteiger partial charge in [0.2, 0.25) is 11.8 Å². The van der Waals surface area contributed by atoms with Gasteiger partial charge in [-0.05, 0) is 59.8 Å². The summed E-state index contributed by atoms with van der Waals surface area (Å²) in [6, 6.07) is 5.68. The van der Waals surface area contributed by atoms with Crippen LogP contribution in [-0.2, 0) is 9.59 Å². The molecule has 3 rings (SSSR count). The second-order valence-corrected chi connectivity index (χ2v) is 7.78. The highest BCUT2D eigenvalue weighted by Gasteiger charge is 2.36. The third-order valence-corrected chi connectivity index (χ3v) is 5.40. The summed E-state index contributed by atoms with van der Waals surface area (Å²) in [5.74, 6) is 0.330. The van der Waals surface area contributed by atoms with Gasteiger partial charge in [0.25, 0.3) is 0 Å². The van der Waals surface area contributed by atoms with Gasteiger partial charge in [-0.2, -0.15) is 0 Å². The first kappa shape index (κ1) is 16.0. The molecule has 2 fully saturated rings. The van der Waals surface area contributed by atoms with Crippen LogP contribution in [0.5, 0.6) is 0 Å². The van der Waals surface area contributed by atoms with Crippen LogP contribution >= 0.6 is 31.9 Å². The number of likely N-dealkylation sites (tertiary alicyclic amines) is 1. The number of hydrogen-bond donors (Lipinski definition) is 1. The molecule has 2 aliphatic rings. The number of carbonyl (C=O) groups is 2. The Morgan fingerprint density at radius 1 is 1.14 bits per heavy atom. The smallest absolute Gasteiger partial charge is 0.229 e. The average molecular weight is 430 g/mol. The minimum atomic E-state index is -0.123. The van der Waals surface area contributed by atoms with Crippen LogP contribution in [-0.4, -0.2) is 29.8 Å². The van der Waals surface area contributed by atoms with E-state index in [0.717, 1.165) is 46.9 Å². The molecule has 1 aromatic carbocycles. The van der Waals surface area contributed by atoms with E-state index in [1.807, 2.05) is 23.1 Å². The highest BCUT2D eigenvalue weighted by Crippen LogP contribution is 2.33. The van der Waals surface area contributed by atoms with Gasteiger partial charge in [0, 0.05) is 28.0 Å². The fourth-order valence-electron chi connectivity index (χ4n) is 2.81. The van der Waals surface area contributed by atoms with Crippen LogP contribution in [0.15, 0.2) is 27.1 Å². The zero-order valence-electron chi connectivity index (χ0n) is 12.1. The summed E-state index contributed by atoms with van der Waals surface area (Å²) in [6.45, 7) is 1.34. The molecule has 0 radical (unpaired) electrons. The summed E-state index contributed by atoms with van der Waals surface area (Å²) in [6.07, 6.45) is 3.76. The lowest BCUT2D eigenvalue weighted by atomic mass is 9.96. The Kier molecular flexibility index (Phi) is 4.88. The quantitative estimate of drug-likeness (QED) is 0.794. The number of benzene rings is 1. The van der Waals surface area contributed by atoms with Crippen LogP contribution in [0.25, 0.3) is 0 Å². The molecule has 1 aliphatic carbocycles. The number of halogens is 2. The van der Waals surface area contributed by atoms with Crippen molar-refractivity contribution in [1.82, 2.24) is 4.90 Å². The summed E-state index contributed by atoms with van der Waals surface area (Å²) in [7, 11) is 0. The molecule has 0 spiro atoms. The van der Waals surface area contributed by atoms with Crippen molar-refractivity contribution >= 4 is 49.4 Å². The standard InChI is InChI=1S/C16H18Br2N2O2/c17-12-5-6-13(18)14(8-12)19-15(21)11-2-1-7-20(9-11)16(22)10-3-4-10/h5-6,8,10-11H,1-4,7,9H2,(H,19,21). The summed E-state index contributed by atoms with van der Waals surface area (Å²) in [4.78, 5) is 26.5. The molecule has 0 aromatic heterocycles. The van der Waals surface area contributed by atoms with Crippen LogP contribution in [0, 0.1) is 11.8 Å². The third kappa shape index (κ3) is 3.71. The topological polar surface area (TPSA) is 49.4 Å². The van der Waals surface area contributed by atoms with Gasteiger partial charge < -0.3 is 10.2 Å². The number of nitrogens with one attached hydrogen (secondary N) is 1. The second kappa shape index (κ2) is 6.71. The van der Waals surface area contributed by atoms with Crippen LogP contribution in [0.2, 0.25) is 0 Å². The Balaban J connectivity index is 1.64.